The van der Waals surface area contributed by atoms with Crippen LogP contribution in [-0.4, -0.2) is 175 Å². The number of rotatable bonds is 7. The molecule has 9 N–H and O–H groups in total. The molecule has 28 atom stereocenters. The zero-order valence-corrected chi connectivity index (χ0v) is 37.0. The summed E-state index contributed by atoms with van der Waals surface area (Å²) in [7, 11) is 0. The lowest BCUT2D eigenvalue weighted by Crippen LogP contribution is -2.66. The third-order valence-corrected chi connectivity index (χ3v) is 18.2. The predicted octanol–water partition coefficient (Wildman–Crippen LogP) is 0.292. The lowest BCUT2D eigenvalue weighted by atomic mass is 9.43. The lowest BCUT2D eigenvalue weighted by Gasteiger charge is -2.62. The summed E-state index contributed by atoms with van der Waals surface area (Å²) in [5.41, 5.74) is -0.0539. The van der Waals surface area contributed by atoms with Crippen molar-refractivity contribution in [3.05, 3.63) is 0 Å². The number of hydrogen-bond acceptors (Lipinski definition) is 17. The quantitative estimate of drug-likeness (QED) is 0.156. The Kier molecular flexibility index (Phi) is 12.8. The molecule has 0 radical (unpaired) electrons. The zero-order valence-electron chi connectivity index (χ0n) is 37.0. The van der Waals surface area contributed by atoms with Crippen molar-refractivity contribution in [2.75, 3.05) is 13.2 Å². The van der Waals surface area contributed by atoms with Crippen LogP contribution < -0.4 is 0 Å². The highest BCUT2D eigenvalue weighted by molar-refractivity contribution is 5.16. The van der Waals surface area contributed by atoms with E-state index in [4.69, 9.17) is 37.9 Å². The van der Waals surface area contributed by atoms with Crippen molar-refractivity contribution in [2.45, 2.75) is 216 Å². The molecule has 5 aliphatic heterocycles. The smallest absolute Gasteiger partial charge is 0.187 e. The van der Waals surface area contributed by atoms with Crippen LogP contribution in [0.4, 0.5) is 0 Å². The molecular weight excluding hydrogens is 812 g/mol. The van der Waals surface area contributed by atoms with E-state index in [-0.39, 0.29) is 22.9 Å². The average molecular weight is 887 g/mol. The van der Waals surface area contributed by atoms with Gasteiger partial charge < -0.3 is 83.9 Å². The first-order valence-electron chi connectivity index (χ1n) is 23.6. The van der Waals surface area contributed by atoms with E-state index in [0.29, 0.717) is 54.8 Å². The standard InChI is InChI=1S/C45H74O17/c1-18-7-12-45(55-17-18)19(2)30-28(62-45)15-25-23-14-27(47)26-13-22(8-10-43(26,5)24(23)9-11-44(25,30)6)58-42-39(61-41-36(53)34(51)32(49)21(4)57-41)37(54)38(29(16-46)59-42)60-40-35(52)33(50)31(48)20(3)56-40/h18-42,46-54H,7-17H2,1-6H3/t18-,19+,20+,21+,22+,23-,24+,25+,26-,27+,28+,29-,30+,31+,32+,33-,34-,35-,36-,37+,38-,39-,40+,41+,42-,43-,44+,45-/m1/s1. The van der Waals surface area contributed by atoms with Crippen molar-refractivity contribution in [3.8, 4) is 0 Å². The second kappa shape index (κ2) is 17.1. The SMILES string of the molecule is C[C@@H]1CC[C@@]2(OC1)O[C@H]1C[C@H]3[C@@H]4C[C@H](O)[C@H]5C[C@@H](O[C@@H]6O[C@H](CO)[C@@H](O[C@@H]7O[C@@H](C)[C@H](O)[C@@H](O)[C@H]7O)[C@H](O)[C@H]6O[C@@H]6O[C@@H](C)[C@H](O)[C@@H](O)[C@H]6O)CC[C@]5(C)[C@H]4CC[C@]3(C)[C@H]1[C@@H]2C. The predicted molar refractivity (Wildman–Crippen MR) is 214 cm³/mol. The number of ether oxygens (including phenoxy) is 8. The van der Waals surface area contributed by atoms with E-state index in [9.17, 15) is 46.0 Å². The summed E-state index contributed by atoms with van der Waals surface area (Å²) in [4.78, 5) is 0. The minimum atomic E-state index is -1.73. The Morgan fingerprint density at radius 3 is 1.82 bits per heavy atom. The second-order valence-corrected chi connectivity index (χ2v) is 21.6. The average Bonchev–Trinajstić information content (AvgIpc) is 3.69. The van der Waals surface area contributed by atoms with Crippen molar-refractivity contribution in [1.82, 2.24) is 0 Å². The van der Waals surface area contributed by atoms with E-state index >= 15 is 0 Å². The first-order valence-corrected chi connectivity index (χ1v) is 23.6. The lowest BCUT2D eigenvalue weighted by molar-refractivity contribution is -0.389. The van der Waals surface area contributed by atoms with Crippen LogP contribution >= 0.6 is 0 Å². The molecule has 9 aliphatic rings. The summed E-state index contributed by atoms with van der Waals surface area (Å²) in [5, 5.41) is 98.1. The maximum Gasteiger partial charge on any atom is 0.187 e. The molecule has 0 bridgehead atoms. The Morgan fingerprint density at radius 2 is 1.21 bits per heavy atom. The minimum absolute atomic E-state index is 0.0869. The first-order chi connectivity index (χ1) is 29.3. The summed E-state index contributed by atoms with van der Waals surface area (Å²) < 4.78 is 50.0. The molecule has 4 saturated carbocycles. The zero-order chi connectivity index (χ0) is 44.4. The van der Waals surface area contributed by atoms with Crippen molar-refractivity contribution in [1.29, 1.82) is 0 Å². The minimum Gasteiger partial charge on any atom is -0.394 e. The molecule has 5 saturated heterocycles. The molecule has 5 heterocycles. The molecule has 0 aromatic heterocycles. The van der Waals surface area contributed by atoms with Crippen molar-refractivity contribution >= 4 is 0 Å². The van der Waals surface area contributed by atoms with Crippen LogP contribution in [0.2, 0.25) is 0 Å². The van der Waals surface area contributed by atoms with E-state index in [1.807, 2.05) is 0 Å². The molecule has 356 valence electrons. The van der Waals surface area contributed by atoms with Gasteiger partial charge in [0.05, 0.1) is 43.7 Å². The fourth-order valence-corrected chi connectivity index (χ4v) is 14.6. The van der Waals surface area contributed by atoms with Gasteiger partial charge in [-0.2, -0.15) is 0 Å². The second-order valence-electron chi connectivity index (χ2n) is 21.6. The van der Waals surface area contributed by atoms with Crippen LogP contribution in [0.15, 0.2) is 0 Å². The Balaban J connectivity index is 0.913. The molecule has 4 aliphatic carbocycles. The van der Waals surface area contributed by atoms with Gasteiger partial charge in [0, 0.05) is 12.3 Å². The van der Waals surface area contributed by atoms with Crippen LogP contribution in [-0.2, 0) is 37.9 Å². The monoisotopic (exact) mass is 886 g/mol. The number of aliphatic hydroxyl groups excluding tert-OH is 9. The summed E-state index contributed by atoms with van der Waals surface area (Å²) >= 11 is 0. The highest BCUT2D eigenvalue weighted by Crippen LogP contribution is 2.71. The molecule has 9 fully saturated rings. The highest BCUT2D eigenvalue weighted by atomic mass is 16.8. The molecule has 17 nitrogen and oxygen atoms in total. The van der Waals surface area contributed by atoms with Crippen molar-refractivity contribution < 1.29 is 83.9 Å². The summed E-state index contributed by atoms with van der Waals surface area (Å²) in [6.07, 6.45) is -14.9. The number of aliphatic hydroxyl groups is 9. The van der Waals surface area contributed by atoms with Gasteiger partial charge in [-0.1, -0.05) is 27.7 Å². The topological polar surface area (TPSA) is 256 Å². The first kappa shape index (κ1) is 46.4. The fourth-order valence-electron chi connectivity index (χ4n) is 14.6. The van der Waals surface area contributed by atoms with Crippen molar-refractivity contribution in [3.63, 3.8) is 0 Å². The van der Waals surface area contributed by atoms with Gasteiger partial charge in [0.25, 0.3) is 0 Å². The fraction of sp³-hybridized carbons (Fsp3) is 1.00. The maximum atomic E-state index is 12.2. The molecule has 0 unspecified atom stereocenters. The number of hydrogen-bond donors (Lipinski definition) is 9. The van der Waals surface area contributed by atoms with Gasteiger partial charge in [-0.25, -0.2) is 0 Å². The van der Waals surface area contributed by atoms with Gasteiger partial charge in [-0.05, 0) is 112 Å². The van der Waals surface area contributed by atoms with E-state index in [1.165, 1.54) is 13.8 Å². The maximum absolute atomic E-state index is 12.2. The molecule has 1 spiro atoms. The molecule has 0 aromatic carbocycles. The summed E-state index contributed by atoms with van der Waals surface area (Å²) in [6, 6.07) is 0. The summed E-state index contributed by atoms with van der Waals surface area (Å²) in [6.45, 7) is 12.5. The summed E-state index contributed by atoms with van der Waals surface area (Å²) in [5.74, 6) is 1.92. The molecule has 9 rings (SSSR count). The van der Waals surface area contributed by atoms with Gasteiger partial charge >= 0.3 is 0 Å². The molecule has 17 heteroatoms. The van der Waals surface area contributed by atoms with Gasteiger partial charge in [-0.3, -0.25) is 0 Å². The van der Waals surface area contributed by atoms with Gasteiger partial charge in [0.15, 0.2) is 24.7 Å². The largest absolute Gasteiger partial charge is 0.394 e. The van der Waals surface area contributed by atoms with Gasteiger partial charge in [0.1, 0.15) is 61.0 Å². The van der Waals surface area contributed by atoms with E-state index < -0.39 is 117 Å². The molecule has 0 amide bonds. The van der Waals surface area contributed by atoms with Gasteiger partial charge in [0.2, 0.25) is 0 Å². The molecule has 62 heavy (non-hydrogen) atoms. The molecular formula is C45H74O17. The van der Waals surface area contributed by atoms with Crippen LogP contribution in [0, 0.1) is 52.3 Å². The van der Waals surface area contributed by atoms with E-state index in [1.54, 1.807) is 0 Å². The Morgan fingerprint density at radius 1 is 0.581 bits per heavy atom. The van der Waals surface area contributed by atoms with Crippen LogP contribution in [0.5, 0.6) is 0 Å². The number of fused-ring (bicyclic) bond motifs is 7. The third kappa shape index (κ3) is 7.47. The van der Waals surface area contributed by atoms with Gasteiger partial charge in [-0.15, -0.1) is 0 Å². The Hall–Kier alpha value is -0.680. The van der Waals surface area contributed by atoms with Crippen LogP contribution in [0.25, 0.3) is 0 Å². The third-order valence-electron chi connectivity index (χ3n) is 18.2. The highest BCUT2D eigenvalue weighted by Gasteiger charge is 2.70. The normalized spacial score (nSPS) is 60.1. The van der Waals surface area contributed by atoms with E-state index in [2.05, 4.69) is 27.7 Å². The van der Waals surface area contributed by atoms with Crippen molar-refractivity contribution in [2.24, 2.45) is 52.3 Å². The van der Waals surface area contributed by atoms with Crippen LogP contribution in [0.3, 0.4) is 0 Å². The van der Waals surface area contributed by atoms with Crippen LogP contribution in [0.1, 0.15) is 99.3 Å². The Bertz CT molecular complexity index is 1570. The van der Waals surface area contributed by atoms with E-state index in [0.717, 1.165) is 45.1 Å². The molecule has 0 aromatic rings. The Labute approximate surface area is 364 Å².